The second-order valence-electron chi connectivity index (χ2n) is 6.55. The molecule has 1 aromatic heterocycles. The Balaban J connectivity index is 1.96. The second-order valence-corrected chi connectivity index (χ2v) is 6.55. The van der Waals surface area contributed by atoms with E-state index in [0.29, 0.717) is 16.9 Å². The van der Waals surface area contributed by atoms with Crippen molar-refractivity contribution in [2.75, 3.05) is 21.0 Å². The van der Waals surface area contributed by atoms with Gasteiger partial charge in [0.15, 0.2) is 29.2 Å². The van der Waals surface area contributed by atoms with E-state index in [1.165, 1.54) is 7.11 Å². The monoisotopic (exact) mass is 364 g/mol. The summed E-state index contributed by atoms with van der Waals surface area (Å²) in [6.45, 7) is 0.240. The van der Waals surface area contributed by atoms with Crippen LogP contribution in [0.15, 0.2) is 36.5 Å². The molecule has 1 aliphatic heterocycles. The molecule has 2 heterocycles. The van der Waals surface area contributed by atoms with Gasteiger partial charge in [-0.05, 0) is 29.7 Å². The summed E-state index contributed by atoms with van der Waals surface area (Å²) in [4.78, 5) is 0. The average Bonchev–Trinajstić information content (AvgIpc) is 3.13. The maximum atomic E-state index is 10.7. The fourth-order valence-corrected chi connectivity index (χ4v) is 3.90. The SMILES string of the molecule is COc1cc2c(c[n+](C)c3c4cc5c(cc4ccc23)OCO5)c(O)c1OC. The lowest BCUT2D eigenvalue weighted by Crippen LogP contribution is -2.28. The standard InChI is InChI=1S/C21H17NO5/c1-22-9-15-14(8-18(24-2)21(25-3)20(15)23)12-5-4-11-6-16-17(27-10-26-16)7-13(11)19(12)22/h4-9H,10H2,1-3H3/p+1. The quantitative estimate of drug-likeness (QED) is 0.436. The van der Waals surface area contributed by atoms with Gasteiger partial charge in [0, 0.05) is 5.39 Å². The molecule has 0 spiro atoms. The van der Waals surface area contributed by atoms with E-state index in [-0.39, 0.29) is 12.5 Å². The maximum Gasteiger partial charge on any atom is 0.231 e. The van der Waals surface area contributed by atoms with Gasteiger partial charge in [-0.15, -0.1) is 0 Å². The van der Waals surface area contributed by atoms with Crippen LogP contribution in [0.25, 0.3) is 32.4 Å². The molecule has 1 N–H and O–H groups in total. The predicted molar refractivity (Wildman–Crippen MR) is 101 cm³/mol. The molecule has 0 unspecified atom stereocenters. The van der Waals surface area contributed by atoms with Crippen LogP contribution < -0.4 is 23.5 Å². The molecule has 0 amide bonds. The van der Waals surface area contributed by atoms with Crippen molar-refractivity contribution >= 4 is 32.4 Å². The van der Waals surface area contributed by atoms with E-state index in [9.17, 15) is 5.11 Å². The number of hydrogen-bond donors (Lipinski definition) is 1. The molecular weight excluding hydrogens is 346 g/mol. The van der Waals surface area contributed by atoms with E-state index in [2.05, 4.69) is 0 Å². The van der Waals surface area contributed by atoms with Crippen LogP contribution in [-0.4, -0.2) is 26.1 Å². The first-order valence-corrected chi connectivity index (χ1v) is 8.54. The molecule has 3 aromatic carbocycles. The zero-order chi connectivity index (χ0) is 18.7. The fourth-order valence-electron chi connectivity index (χ4n) is 3.90. The summed E-state index contributed by atoms with van der Waals surface area (Å²) in [5.74, 6) is 2.38. The third kappa shape index (κ3) is 2.10. The van der Waals surface area contributed by atoms with Gasteiger partial charge >= 0.3 is 0 Å². The Morgan fingerprint density at radius 2 is 1.70 bits per heavy atom. The number of phenolic OH excluding ortho intramolecular Hbond substituents is 1. The first-order valence-electron chi connectivity index (χ1n) is 8.54. The lowest BCUT2D eigenvalue weighted by molar-refractivity contribution is -0.642. The molecule has 0 radical (unpaired) electrons. The van der Waals surface area contributed by atoms with Gasteiger partial charge in [0.05, 0.1) is 30.4 Å². The molecule has 6 nitrogen and oxygen atoms in total. The third-order valence-electron chi connectivity index (χ3n) is 5.13. The van der Waals surface area contributed by atoms with Gasteiger partial charge in [-0.25, -0.2) is 0 Å². The van der Waals surface area contributed by atoms with E-state index < -0.39 is 0 Å². The number of methoxy groups -OCH3 is 2. The van der Waals surface area contributed by atoms with Gasteiger partial charge in [-0.2, -0.15) is 4.57 Å². The summed E-state index contributed by atoms with van der Waals surface area (Å²) in [5, 5.41) is 15.4. The number of benzene rings is 3. The fraction of sp³-hybridized carbons (Fsp3) is 0.190. The minimum Gasteiger partial charge on any atom is -0.504 e. The number of fused-ring (bicyclic) bond motifs is 6. The van der Waals surface area contributed by atoms with Crippen molar-refractivity contribution in [1.82, 2.24) is 0 Å². The number of aryl methyl sites for hydroxylation is 1. The van der Waals surface area contributed by atoms with Gasteiger partial charge in [-0.3, -0.25) is 0 Å². The summed E-state index contributed by atoms with van der Waals surface area (Å²) in [6.07, 6.45) is 1.90. The molecule has 136 valence electrons. The van der Waals surface area contributed by atoms with Crippen LogP contribution in [0.2, 0.25) is 0 Å². The van der Waals surface area contributed by atoms with Crippen LogP contribution in [0.5, 0.6) is 28.7 Å². The summed E-state index contributed by atoms with van der Waals surface area (Å²) in [5.41, 5.74) is 1.03. The topological polar surface area (TPSA) is 61.0 Å². The molecule has 0 fully saturated rings. The third-order valence-corrected chi connectivity index (χ3v) is 5.13. The van der Waals surface area contributed by atoms with Crippen molar-refractivity contribution in [2.45, 2.75) is 0 Å². The summed E-state index contributed by atoms with van der Waals surface area (Å²) < 4.78 is 23.8. The minimum atomic E-state index is 0.0649. The largest absolute Gasteiger partial charge is 0.504 e. The van der Waals surface area contributed by atoms with E-state index in [1.54, 1.807) is 7.11 Å². The van der Waals surface area contributed by atoms with Crippen LogP contribution in [0, 0.1) is 0 Å². The zero-order valence-corrected chi connectivity index (χ0v) is 15.2. The summed E-state index contributed by atoms with van der Waals surface area (Å²) in [6, 6.07) is 10.00. The van der Waals surface area contributed by atoms with Crippen molar-refractivity contribution in [1.29, 1.82) is 0 Å². The lowest BCUT2D eigenvalue weighted by Gasteiger charge is -2.13. The van der Waals surface area contributed by atoms with E-state index in [1.807, 2.05) is 48.1 Å². The highest BCUT2D eigenvalue weighted by Crippen LogP contribution is 2.45. The number of pyridine rings is 1. The summed E-state index contributed by atoms with van der Waals surface area (Å²) >= 11 is 0. The Morgan fingerprint density at radius 1 is 0.926 bits per heavy atom. The van der Waals surface area contributed by atoms with Crippen molar-refractivity contribution in [3.63, 3.8) is 0 Å². The first-order chi connectivity index (χ1) is 13.1. The van der Waals surface area contributed by atoms with Crippen LogP contribution in [-0.2, 0) is 7.05 Å². The molecule has 0 aliphatic carbocycles. The van der Waals surface area contributed by atoms with Crippen molar-refractivity contribution in [2.24, 2.45) is 7.05 Å². The predicted octanol–water partition coefficient (Wildman–Crippen LogP) is 3.42. The van der Waals surface area contributed by atoms with Crippen LogP contribution in [0.3, 0.4) is 0 Å². The number of rotatable bonds is 2. The van der Waals surface area contributed by atoms with Gasteiger partial charge in [-0.1, -0.05) is 6.07 Å². The molecule has 5 rings (SSSR count). The van der Waals surface area contributed by atoms with Crippen molar-refractivity contribution in [3.8, 4) is 28.7 Å². The molecule has 0 atom stereocenters. The molecule has 4 aromatic rings. The molecular formula is C21H18NO5+. The summed E-state index contributed by atoms with van der Waals surface area (Å²) in [7, 11) is 5.03. The normalized spacial score (nSPS) is 12.9. The number of hydrogen-bond acceptors (Lipinski definition) is 5. The molecule has 0 bridgehead atoms. The molecule has 27 heavy (non-hydrogen) atoms. The Labute approximate surface area is 155 Å². The number of nitrogens with zero attached hydrogens (tertiary/aromatic N) is 1. The first kappa shape index (κ1) is 15.8. The van der Waals surface area contributed by atoms with Crippen LogP contribution in [0.4, 0.5) is 0 Å². The molecule has 0 saturated heterocycles. The molecule has 6 heteroatoms. The highest BCUT2D eigenvalue weighted by Gasteiger charge is 2.23. The Hall–Kier alpha value is -3.41. The van der Waals surface area contributed by atoms with Gasteiger partial charge in [0.25, 0.3) is 0 Å². The highest BCUT2D eigenvalue weighted by atomic mass is 16.7. The smallest absolute Gasteiger partial charge is 0.231 e. The van der Waals surface area contributed by atoms with E-state index >= 15 is 0 Å². The number of aromatic hydroxyl groups is 1. The van der Waals surface area contributed by atoms with Crippen molar-refractivity contribution < 1.29 is 28.6 Å². The number of phenols is 1. The number of aromatic nitrogens is 1. The van der Waals surface area contributed by atoms with Crippen LogP contribution in [0.1, 0.15) is 0 Å². The van der Waals surface area contributed by atoms with Crippen LogP contribution >= 0.6 is 0 Å². The van der Waals surface area contributed by atoms with Gasteiger partial charge < -0.3 is 24.1 Å². The maximum absolute atomic E-state index is 10.7. The Bertz CT molecular complexity index is 1250. The van der Waals surface area contributed by atoms with E-state index in [4.69, 9.17) is 18.9 Å². The Morgan fingerprint density at radius 3 is 2.44 bits per heavy atom. The molecule has 0 saturated carbocycles. The average molecular weight is 364 g/mol. The Kier molecular flexibility index (Phi) is 3.25. The second kappa shape index (κ2) is 5.54. The molecule has 1 aliphatic rings. The zero-order valence-electron chi connectivity index (χ0n) is 15.2. The van der Waals surface area contributed by atoms with Gasteiger partial charge in [0.1, 0.15) is 7.05 Å². The number of ether oxygens (including phenoxy) is 4. The van der Waals surface area contributed by atoms with E-state index in [0.717, 1.165) is 38.6 Å². The van der Waals surface area contributed by atoms with Crippen molar-refractivity contribution in [3.05, 3.63) is 36.5 Å². The highest BCUT2D eigenvalue weighted by molar-refractivity contribution is 6.15. The lowest BCUT2D eigenvalue weighted by atomic mass is 9.99. The van der Waals surface area contributed by atoms with Gasteiger partial charge in [0.2, 0.25) is 18.1 Å². The minimum absolute atomic E-state index is 0.0649.